The van der Waals surface area contributed by atoms with E-state index in [1.165, 1.54) is 43.9 Å². The topological polar surface area (TPSA) is 69.6 Å². The summed E-state index contributed by atoms with van der Waals surface area (Å²) in [5.41, 5.74) is 1.72. The summed E-state index contributed by atoms with van der Waals surface area (Å²) in [6, 6.07) is 7.88. The quantitative estimate of drug-likeness (QED) is 0.409. The van der Waals surface area contributed by atoms with Crippen LogP contribution in [0.25, 0.3) is 12.2 Å². The molecule has 0 unspecified atom stereocenters. The maximum Gasteiger partial charge on any atom is 0.182 e. The molecule has 0 aliphatic carbocycles. The smallest absolute Gasteiger partial charge is 0.182 e. The van der Waals surface area contributed by atoms with Crippen LogP contribution in [0.4, 0.5) is 11.6 Å². The highest BCUT2D eigenvalue weighted by atomic mass is 16.3. The van der Waals surface area contributed by atoms with Crippen LogP contribution in [0.15, 0.2) is 60.6 Å². The number of allylic oxidation sites excluding steroid dienone is 3. The molecule has 2 saturated heterocycles. The monoisotopic (exact) mass is 416 g/mol. The Bertz CT molecular complexity index is 966. The summed E-state index contributed by atoms with van der Waals surface area (Å²) in [4.78, 5) is 25.6. The van der Waals surface area contributed by atoms with Crippen molar-refractivity contribution in [3.8, 4) is 0 Å². The van der Waals surface area contributed by atoms with Crippen LogP contribution >= 0.6 is 0 Å². The maximum atomic E-state index is 12.1. The van der Waals surface area contributed by atoms with Crippen molar-refractivity contribution in [3.05, 3.63) is 71.8 Å². The molecule has 1 N–H and O–H groups in total. The number of carbonyl (C=O) groups excluding carboxylic acids is 1. The Kier molecular flexibility index (Phi) is 6.77. The molecule has 2 aliphatic rings. The fraction of sp³-hybridized carbons (Fsp3) is 0.320. The van der Waals surface area contributed by atoms with Crippen LogP contribution in [0.2, 0.25) is 0 Å². The number of aliphatic hydroxyl groups is 1. The molecule has 2 aliphatic heterocycles. The van der Waals surface area contributed by atoms with Gasteiger partial charge in [0.15, 0.2) is 5.78 Å². The zero-order valence-corrected chi connectivity index (χ0v) is 17.7. The normalized spacial score (nSPS) is 17.4. The van der Waals surface area contributed by atoms with E-state index < -0.39 is 0 Å². The Balaban J connectivity index is 1.30. The molecule has 2 fully saturated rings. The maximum absolute atomic E-state index is 12.1. The van der Waals surface area contributed by atoms with Crippen molar-refractivity contribution < 1.29 is 9.90 Å². The van der Waals surface area contributed by atoms with E-state index in [2.05, 4.69) is 19.8 Å². The zero-order chi connectivity index (χ0) is 21.5. The zero-order valence-electron chi connectivity index (χ0n) is 17.7. The van der Waals surface area contributed by atoms with Gasteiger partial charge in [0.1, 0.15) is 17.4 Å². The van der Waals surface area contributed by atoms with Gasteiger partial charge >= 0.3 is 0 Å². The summed E-state index contributed by atoms with van der Waals surface area (Å²) in [7, 11) is 0. The van der Waals surface area contributed by atoms with Gasteiger partial charge in [-0.15, -0.1) is 0 Å². The highest BCUT2D eigenvalue weighted by Gasteiger charge is 2.13. The predicted octanol–water partition coefficient (Wildman–Crippen LogP) is 4.41. The largest absolute Gasteiger partial charge is 0.508 e. The van der Waals surface area contributed by atoms with E-state index in [4.69, 9.17) is 0 Å². The first-order valence-electron chi connectivity index (χ1n) is 10.9. The number of hydrogen-bond acceptors (Lipinski definition) is 6. The van der Waals surface area contributed by atoms with Gasteiger partial charge in [0, 0.05) is 44.6 Å². The number of carbonyl (C=O) groups is 1. The number of aliphatic hydroxyl groups excluding tert-OH is 1. The molecule has 0 aromatic carbocycles. The van der Waals surface area contributed by atoms with Crippen LogP contribution < -0.4 is 9.80 Å². The lowest BCUT2D eigenvalue weighted by Gasteiger charge is -2.15. The van der Waals surface area contributed by atoms with Gasteiger partial charge in [-0.25, -0.2) is 9.97 Å². The lowest BCUT2D eigenvalue weighted by Crippen LogP contribution is -2.18. The lowest BCUT2D eigenvalue weighted by atomic mass is 10.2. The minimum atomic E-state index is -0.284. The Hall–Kier alpha value is -3.41. The van der Waals surface area contributed by atoms with Crippen LogP contribution in [0.1, 0.15) is 36.8 Å². The Morgan fingerprint density at radius 2 is 1.26 bits per heavy atom. The number of anilines is 2. The van der Waals surface area contributed by atoms with E-state index in [0.29, 0.717) is 0 Å². The van der Waals surface area contributed by atoms with Gasteiger partial charge in [0.2, 0.25) is 0 Å². The molecule has 0 saturated carbocycles. The molecule has 4 heterocycles. The molecule has 160 valence electrons. The van der Waals surface area contributed by atoms with Gasteiger partial charge in [-0.3, -0.25) is 4.79 Å². The van der Waals surface area contributed by atoms with Gasteiger partial charge in [-0.2, -0.15) is 0 Å². The molecule has 2 aromatic rings. The minimum absolute atomic E-state index is 0.0965. The van der Waals surface area contributed by atoms with Crippen molar-refractivity contribution in [2.75, 3.05) is 36.0 Å². The third kappa shape index (κ3) is 5.81. The molecule has 0 amide bonds. The SMILES string of the molecule is O=C(/C=C(O)/C=C/c1ccc(N2CCCC2)nc1)/C=C/c1ccc(N2CCCC2)nc1. The summed E-state index contributed by atoms with van der Waals surface area (Å²) in [5.74, 6) is 1.58. The summed E-state index contributed by atoms with van der Waals surface area (Å²) in [5, 5.41) is 10.0. The van der Waals surface area contributed by atoms with Crippen molar-refractivity contribution in [3.63, 3.8) is 0 Å². The van der Waals surface area contributed by atoms with Crippen molar-refractivity contribution in [1.82, 2.24) is 9.97 Å². The molecule has 0 spiro atoms. The van der Waals surface area contributed by atoms with Crippen molar-refractivity contribution in [2.45, 2.75) is 25.7 Å². The van der Waals surface area contributed by atoms with E-state index >= 15 is 0 Å². The molecule has 6 nitrogen and oxygen atoms in total. The summed E-state index contributed by atoms with van der Waals surface area (Å²) < 4.78 is 0. The number of aromatic nitrogens is 2. The van der Waals surface area contributed by atoms with Crippen LogP contribution in [-0.2, 0) is 4.79 Å². The average Bonchev–Trinajstić information content (AvgIpc) is 3.52. The third-order valence-corrected chi connectivity index (χ3v) is 5.58. The van der Waals surface area contributed by atoms with Gasteiger partial charge < -0.3 is 14.9 Å². The van der Waals surface area contributed by atoms with E-state index in [9.17, 15) is 9.90 Å². The third-order valence-electron chi connectivity index (χ3n) is 5.58. The van der Waals surface area contributed by atoms with Gasteiger partial charge in [-0.05, 0) is 85.4 Å². The number of rotatable bonds is 7. The molecular weight excluding hydrogens is 388 g/mol. The first kappa shape index (κ1) is 20.8. The van der Waals surface area contributed by atoms with E-state index in [1.807, 2.05) is 24.3 Å². The lowest BCUT2D eigenvalue weighted by molar-refractivity contribution is -0.110. The van der Waals surface area contributed by atoms with Gasteiger partial charge in [0.25, 0.3) is 0 Å². The molecule has 2 aromatic heterocycles. The standard InChI is InChI=1S/C25H28N4O2/c30-22(9-5-20-7-11-24(26-18-20)28-13-1-2-14-28)17-23(31)10-6-21-8-12-25(27-19-21)29-15-3-4-16-29/h5-12,17-19,30H,1-4,13-16H2/b9-5+,10-6+,22-17-. The minimum Gasteiger partial charge on any atom is -0.508 e. The number of nitrogens with zero attached hydrogens (tertiary/aromatic N) is 4. The van der Waals surface area contributed by atoms with Crippen LogP contribution in [0, 0.1) is 0 Å². The molecule has 0 bridgehead atoms. The van der Waals surface area contributed by atoms with E-state index in [0.717, 1.165) is 48.9 Å². The number of hydrogen-bond donors (Lipinski definition) is 1. The van der Waals surface area contributed by atoms with Crippen molar-refractivity contribution in [2.24, 2.45) is 0 Å². The van der Waals surface area contributed by atoms with E-state index in [-0.39, 0.29) is 11.5 Å². The van der Waals surface area contributed by atoms with Crippen LogP contribution in [-0.4, -0.2) is 47.0 Å². The summed E-state index contributed by atoms with van der Waals surface area (Å²) in [6.07, 6.45) is 16.0. The first-order valence-corrected chi connectivity index (χ1v) is 10.9. The average molecular weight is 417 g/mol. The summed E-state index contributed by atoms with van der Waals surface area (Å²) in [6.45, 7) is 4.22. The van der Waals surface area contributed by atoms with Gasteiger partial charge in [-0.1, -0.05) is 0 Å². The van der Waals surface area contributed by atoms with Crippen molar-refractivity contribution in [1.29, 1.82) is 0 Å². The highest BCUT2D eigenvalue weighted by Crippen LogP contribution is 2.19. The number of ketones is 1. The Morgan fingerprint density at radius 1 is 0.774 bits per heavy atom. The van der Waals surface area contributed by atoms with Crippen LogP contribution in [0.5, 0.6) is 0 Å². The molecule has 6 heteroatoms. The van der Waals surface area contributed by atoms with Gasteiger partial charge in [0.05, 0.1) is 0 Å². The second-order valence-electron chi connectivity index (χ2n) is 7.93. The fourth-order valence-electron chi connectivity index (χ4n) is 3.86. The molecule has 0 radical (unpaired) electrons. The van der Waals surface area contributed by atoms with E-state index in [1.54, 1.807) is 24.5 Å². The molecule has 31 heavy (non-hydrogen) atoms. The second-order valence-corrected chi connectivity index (χ2v) is 7.93. The predicted molar refractivity (Wildman–Crippen MR) is 125 cm³/mol. The first-order chi connectivity index (χ1) is 15.2. The Morgan fingerprint density at radius 3 is 1.71 bits per heavy atom. The second kappa shape index (κ2) is 10.1. The molecular formula is C25H28N4O2. The fourth-order valence-corrected chi connectivity index (χ4v) is 3.86. The molecule has 0 atom stereocenters. The number of pyridine rings is 2. The van der Waals surface area contributed by atoms with Crippen LogP contribution in [0.3, 0.4) is 0 Å². The Labute approximate surface area is 183 Å². The summed E-state index contributed by atoms with van der Waals surface area (Å²) >= 11 is 0. The molecule has 4 rings (SSSR count). The highest BCUT2D eigenvalue weighted by molar-refractivity contribution is 6.02. The van der Waals surface area contributed by atoms with Crippen molar-refractivity contribution >= 4 is 29.6 Å².